The van der Waals surface area contributed by atoms with Crippen molar-refractivity contribution in [1.82, 2.24) is 14.6 Å². The van der Waals surface area contributed by atoms with Crippen LogP contribution in [0.3, 0.4) is 0 Å². The van der Waals surface area contributed by atoms with E-state index in [1.54, 1.807) is 18.3 Å². The van der Waals surface area contributed by atoms with Crippen LogP contribution in [-0.2, 0) is 29.5 Å². The van der Waals surface area contributed by atoms with E-state index in [0.717, 1.165) is 23.2 Å². The molecule has 3 rings (SSSR count). The normalized spacial score (nSPS) is 15.4. The quantitative estimate of drug-likeness (QED) is 0.924. The molecule has 5 nitrogen and oxygen atoms in total. The Labute approximate surface area is 135 Å². The standard InChI is InChI=1S/C16H18FN3O2S/c1-18-23(21,22)16-4-2-3-13-11-20(6-5-15(13)16)10-12-7-14(17)9-19-8-12/h2-4,7-9,18H,5-6,10-11H2,1H3. The van der Waals surface area contributed by atoms with Gasteiger partial charge in [0.15, 0.2) is 0 Å². The lowest BCUT2D eigenvalue weighted by Gasteiger charge is -2.29. The highest BCUT2D eigenvalue weighted by Gasteiger charge is 2.24. The summed E-state index contributed by atoms with van der Waals surface area (Å²) in [4.78, 5) is 6.37. The van der Waals surface area contributed by atoms with Crippen LogP contribution in [0, 0.1) is 5.82 Å². The van der Waals surface area contributed by atoms with Crippen molar-refractivity contribution in [2.75, 3.05) is 13.6 Å². The molecular weight excluding hydrogens is 317 g/mol. The van der Waals surface area contributed by atoms with Crippen LogP contribution in [0.2, 0.25) is 0 Å². The molecule has 0 radical (unpaired) electrons. The van der Waals surface area contributed by atoms with Crippen LogP contribution in [0.5, 0.6) is 0 Å². The van der Waals surface area contributed by atoms with E-state index in [-0.39, 0.29) is 5.82 Å². The molecule has 0 amide bonds. The van der Waals surface area contributed by atoms with E-state index in [2.05, 4.69) is 14.6 Å². The molecule has 7 heteroatoms. The van der Waals surface area contributed by atoms with Crippen molar-refractivity contribution in [2.24, 2.45) is 0 Å². The highest BCUT2D eigenvalue weighted by molar-refractivity contribution is 7.89. The molecule has 2 heterocycles. The summed E-state index contributed by atoms with van der Waals surface area (Å²) in [5.74, 6) is -0.345. The van der Waals surface area contributed by atoms with Gasteiger partial charge in [-0.05, 0) is 42.3 Å². The molecule has 0 bridgehead atoms. The Morgan fingerprint density at radius 1 is 1.35 bits per heavy atom. The van der Waals surface area contributed by atoms with E-state index in [9.17, 15) is 12.8 Å². The third kappa shape index (κ3) is 3.41. The Bertz CT molecular complexity index is 824. The summed E-state index contributed by atoms with van der Waals surface area (Å²) < 4.78 is 39.8. The molecule has 122 valence electrons. The number of aromatic nitrogens is 1. The second-order valence-corrected chi connectivity index (χ2v) is 7.43. The van der Waals surface area contributed by atoms with Crippen LogP contribution in [0.1, 0.15) is 16.7 Å². The molecular formula is C16H18FN3O2S. The van der Waals surface area contributed by atoms with E-state index >= 15 is 0 Å². The SMILES string of the molecule is CNS(=O)(=O)c1cccc2c1CCN(Cc1cncc(F)c1)C2. The maximum absolute atomic E-state index is 13.2. The van der Waals surface area contributed by atoms with Crippen LogP contribution < -0.4 is 4.72 Å². The average molecular weight is 335 g/mol. The van der Waals surface area contributed by atoms with Crippen molar-refractivity contribution >= 4 is 10.0 Å². The number of sulfonamides is 1. The topological polar surface area (TPSA) is 62.3 Å². The summed E-state index contributed by atoms with van der Waals surface area (Å²) in [5, 5.41) is 0. The number of halogens is 1. The molecule has 0 saturated heterocycles. The van der Waals surface area contributed by atoms with E-state index < -0.39 is 10.0 Å². The second kappa shape index (κ2) is 6.35. The summed E-state index contributed by atoms with van der Waals surface area (Å²) in [6, 6.07) is 6.82. The number of fused-ring (bicyclic) bond motifs is 1. The Hall–Kier alpha value is -1.83. The Morgan fingerprint density at radius 3 is 2.91 bits per heavy atom. The van der Waals surface area contributed by atoms with Gasteiger partial charge in [0.1, 0.15) is 5.82 Å². The molecule has 0 spiro atoms. The van der Waals surface area contributed by atoms with Crippen molar-refractivity contribution in [3.05, 3.63) is 59.2 Å². The first-order valence-electron chi connectivity index (χ1n) is 7.36. The molecule has 2 aromatic rings. The van der Waals surface area contributed by atoms with Crippen LogP contribution in [0.4, 0.5) is 4.39 Å². The fraction of sp³-hybridized carbons (Fsp3) is 0.312. The monoisotopic (exact) mass is 335 g/mol. The largest absolute Gasteiger partial charge is 0.294 e. The van der Waals surface area contributed by atoms with E-state index in [4.69, 9.17) is 0 Å². The molecule has 1 aliphatic heterocycles. The summed E-state index contributed by atoms with van der Waals surface area (Å²) in [5.41, 5.74) is 2.68. The first-order chi connectivity index (χ1) is 11.0. The number of nitrogens with zero attached hydrogens (tertiary/aromatic N) is 2. The highest BCUT2D eigenvalue weighted by atomic mass is 32.2. The van der Waals surface area contributed by atoms with Crippen LogP contribution in [0.15, 0.2) is 41.6 Å². The summed E-state index contributed by atoms with van der Waals surface area (Å²) >= 11 is 0. The van der Waals surface area contributed by atoms with Gasteiger partial charge in [-0.3, -0.25) is 9.88 Å². The Kier molecular flexibility index (Phi) is 4.43. The zero-order valence-corrected chi connectivity index (χ0v) is 13.6. The lowest BCUT2D eigenvalue weighted by Crippen LogP contribution is -2.32. The molecule has 0 fully saturated rings. The first kappa shape index (κ1) is 16.0. The molecule has 0 atom stereocenters. The maximum atomic E-state index is 13.2. The summed E-state index contributed by atoms with van der Waals surface area (Å²) in [6.45, 7) is 1.95. The minimum Gasteiger partial charge on any atom is -0.294 e. The van der Waals surface area contributed by atoms with Gasteiger partial charge in [-0.15, -0.1) is 0 Å². The van der Waals surface area contributed by atoms with Gasteiger partial charge in [0.25, 0.3) is 0 Å². The fourth-order valence-electron chi connectivity index (χ4n) is 2.93. The number of rotatable bonds is 4. The molecule has 1 aliphatic rings. The average Bonchev–Trinajstić information content (AvgIpc) is 2.54. The predicted octanol–water partition coefficient (Wildman–Crippen LogP) is 1.69. The number of benzene rings is 1. The zero-order chi connectivity index (χ0) is 16.4. The lowest BCUT2D eigenvalue weighted by molar-refractivity contribution is 0.243. The van der Waals surface area contributed by atoms with Crippen molar-refractivity contribution < 1.29 is 12.8 Å². The molecule has 0 saturated carbocycles. The molecule has 1 aromatic heterocycles. The van der Waals surface area contributed by atoms with Crippen LogP contribution in [0.25, 0.3) is 0 Å². The second-order valence-electron chi connectivity index (χ2n) is 5.57. The van der Waals surface area contributed by atoms with E-state index in [1.165, 1.54) is 19.3 Å². The van der Waals surface area contributed by atoms with Crippen molar-refractivity contribution in [3.8, 4) is 0 Å². The van der Waals surface area contributed by atoms with Gasteiger partial charge in [0, 0.05) is 25.8 Å². The van der Waals surface area contributed by atoms with Crippen molar-refractivity contribution in [3.63, 3.8) is 0 Å². The number of hydrogen-bond acceptors (Lipinski definition) is 4. The molecule has 1 aromatic carbocycles. The molecule has 0 aliphatic carbocycles. The number of hydrogen-bond donors (Lipinski definition) is 1. The minimum atomic E-state index is -3.45. The van der Waals surface area contributed by atoms with Gasteiger partial charge in [-0.2, -0.15) is 0 Å². The Morgan fingerprint density at radius 2 is 2.17 bits per heavy atom. The van der Waals surface area contributed by atoms with Crippen LogP contribution in [-0.4, -0.2) is 31.9 Å². The first-order valence-corrected chi connectivity index (χ1v) is 8.84. The lowest BCUT2D eigenvalue weighted by atomic mass is 9.99. The van der Waals surface area contributed by atoms with Crippen molar-refractivity contribution in [2.45, 2.75) is 24.4 Å². The van der Waals surface area contributed by atoms with Gasteiger partial charge in [0.2, 0.25) is 10.0 Å². The smallest absolute Gasteiger partial charge is 0.240 e. The fourth-order valence-corrected chi connectivity index (χ4v) is 3.97. The van der Waals surface area contributed by atoms with Gasteiger partial charge >= 0.3 is 0 Å². The summed E-state index contributed by atoms with van der Waals surface area (Å²) in [7, 11) is -2.03. The number of nitrogens with one attached hydrogen (secondary N) is 1. The highest BCUT2D eigenvalue weighted by Crippen LogP contribution is 2.26. The van der Waals surface area contributed by atoms with Crippen LogP contribution >= 0.6 is 0 Å². The van der Waals surface area contributed by atoms with E-state index in [0.29, 0.717) is 24.4 Å². The molecule has 0 unspecified atom stereocenters. The minimum absolute atomic E-state index is 0.345. The third-order valence-corrected chi connectivity index (χ3v) is 5.53. The molecule has 1 N–H and O–H groups in total. The van der Waals surface area contributed by atoms with Gasteiger partial charge < -0.3 is 0 Å². The number of pyridine rings is 1. The predicted molar refractivity (Wildman–Crippen MR) is 84.7 cm³/mol. The van der Waals surface area contributed by atoms with Gasteiger partial charge in [0.05, 0.1) is 11.1 Å². The molecule has 23 heavy (non-hydrogen) atoms. The van der Waals surface area contributed by atoms with E-state index in [1.807, 2.05) is 6.07 Å². The zero-order valence-electron chi connectivity index (χ0n) is 12.8. The van der Waals surface area contributed by atoms with Crippen molar-refractivity contribution in [1.29, 1.82) is 0 Å². The van der Waals surface area contributed by atoms with Gasteiger partial charge in [-0.1, -0.05) is 12.1 Å². The summed E-state index contributed by atoms with van der Waals surface area (Å²) in [6.07, 6.45) is 3.49. The Balaban J connectivity index is 1.83. The van der Waals surface area contributed by atoms with Gasteiger partial charge in [-0.25, -0.2) is 17.5 Å². The maximum Gasteiger partial charge on any atom is 0.240 e. The third-order valence-electron chi connectivity index (χ3n) is 4.03.